The third kappa shape index (κ3) is 3.86. The highest BCUT2D eigenvalue weighted by molar-refractivity contribution is 7.14. The zero-order valence-corrected chi connectivity index (χ0v) is 17.9. The zero-order valence-electron chi connectivity index (χ0n) is 16.2. The summed E-state index contributed by atoms with van der Waals surface area (Å²) in [6.45, 7) is 0. The zero-order chi connectivity index (χ0) is 20.3. The predicted molar refractivity (Wildman–Crippen MR) is 123 cm³/mol. The number of hydrogen-bond donors (Lipinski definition) is 1. The Kier molecular flexibility index (Phi) is 5.29. The third-order valence-corrected chi connectivity index (χ3v) is 7.22. The molecule has 0 aliphatic heterocycles. The van der Waals surface area contributed by atoms with Gasteiger partial charge in [0.15, 0.2) is 0 Å². The monoisotopic (exact) mass is 432 g/mol. The van der Waals surface area contributed by atoms with Crippen LogP contribution in [0.4, 0.5) is 0 Å². The fourth-order valence-corrected chi connectivity index (χ4v) is 5.49. The Bertz CT molecular complexity index is 1170. The largest absolute Gasteiger partial charge is 0.281 e. The Morgan fingerprint density at radius 2 is 2.00 bits per heavy atom. The van der Waals surface area contributed by atoms with Gasteiger partial charge in [-0.15, -0.1) is 22.7 Å². The molecule has 1 aliphatic rings. The van der Waals surface area contributed by atoms with Gasteiger partial charge in [0.25, 0.3) is 5.91 Å². The molecule has 0 saturated carbocycles. The van der Waals surface area contributed by atoms with Crippen molar-refractivity contribution in [1.29, 1.82) is 0 Å². The Morgan fingerprint density at radius 1 is 1.13 bits per heavy atom. The molecule has 1 N–H and O–H groups in total. The van der Waals surface area contributed by atoms with E-state index in [1.165, 1.54) is 23.3 Å². The number of aryl methyl sites for hydroxylation is 2. The predicted octanol–water partition coefficient (Wildman–Crippen LogP) is 5.31. The first-order chi connectivity index (χ1) is 14.8. The molecule has 1 aromatic carbocycles. The van der Waals surface area contributed by atoms with E-state index >= 15 is 0 Å². The lowest BCUT2D eigenvalue weighted by atomic mass is 9.99. The minimum absolute atomic E-state index is 0.154. The van der Waals surface area contributed by atoms with Crippen LogP contribution in [0.1, 0.15) is 38.5 Å². The summed E-state index contributed by atoms with van der Waals surface area (Å²) in [5, 5.41) is 11.0. The second kappa shape index (κ2) is 8.38. The van der Waals surface area contributed by atoms with Gasteiger partial charge < -0.3 is 0 Å². The summed E-state index contributed by atoms with van der Waals surface area (Å²) in [5.41, 5.74) is 6.68. The van der Waals surface area contributed by atoms with Crippen molar-refractivity contribution in [3.63, 3.8) is 0 Å². The standard InChI is InChI=1S/C23H20N4OS2/c28-23(21-13-16-7-4-5-10-19(16)30-21)25-24-14-17-15-27(18-8-2-1-3-9-18)26-22(17)20-11-6-12-29-20/h1-3,6,8-9,11-15H,4-5,7,10H2,(H,25,28). The Morgan fingerprint density at radius 3 is 2.80 bits per heavy atom. The molecule has 4 aromatic rings. The minimum atomic E-state index is -0.154. The summed E-state index contributed by atoms with van der Waals surface area (Å²) in [4.78, 5) is 15.7. The number of rotatable bonds is 5. The van der Waals surface area contributed by atoms with E-state index in [-0.39, 0.29) is 5.91 Å². The number of nitrogens with one attached hydrogen (secondary N) is 1. The van der Waals surface area contributed by atoms with Crippen LogP contribution in [0, 0.1) is 0 Å². The first-order valence-electron chi connectivity index (χ1n) is 9.92. The summed E-state index contributed by atoms with van der Waals surface area (Å²) in [6.07, 6.45) is 8.19. The van der Waals surface area contributed by atoms with Crippen molar-refractivity contribution in [3.05, 3.63) is 81.0 Å². The third-order valence-electron chi connectivity index (χ3n) is 5.11. The lowest BCUT2D eigenvalue weighted by Crippen LogP contribution is -2.16. The van der Waals surface area contributed by atoms with E-state index < -0.39 is 0 Å². The van der Waals surface area contributed by atoms with Crippen LogP contribution in [-0.2, 0) is 12.8 Å². The summed E-state index contributed by atoms with van der Waals surface area (Å²) in [6, 6.07) is 16.0. The molecule has 3 heterocycles. The molecule has 0 atom stereocenters. The smallest absolute Gasteiger partial charge is 0.266 e. The van der Waals surface area contributed by atoms with Gasteiger partial charge in [-0.1, -0.05) is 24.3 Å². The number of fused-ring (bicyclic) bond motifs is 1. The highest BCUT2D eigenvalue weighted by Gasteiger charge is 2.17. The summed E-state index contributed by atoms with van der Waals surface area (Å²) >= 11 is 3.22. The molecule has 0 spiro atoms. The average Bonchev–Trinajstić information content (AvgIpc) is 3.53. The van der Waals surface area contributed by atoms with E-state index in [0.717, 1.165) is 39.5 Å². The number of amides is 1. The van der Waals surface area contributed by atoms with Gasteiger partial charge >= 0.3 is 0 Å². The van der Waals surface area contributed by atoms with Crippen LogP contribution in [0.5, 0.6) is 0 Å². The summed E-state index contributed by atoms with van der Waals surface area (Å²) < 4.78 is 1.84. The highest BCUT2D eigenvalue weighted by Crippen LogP contribution is 2.30. The highest BCUT2D eigenvalue weighted by atomic mass is 32.1. The Balaban J connectivity index is 1.38. The molecule has 0 bridgehead atoms. The van der Waals surface area contributed by atoms with E-state index in [9.17, 15) is 4.79 Å². The lowest BCUT2D eigenvalue weighted by Gasteiger charge is -2.08. The summed E-state index contributed by atoms with van der Waals surface area (Å²) in [7, 11) is 0. The molecule has 0 unspecified atom stereocenters. The summed E-state index contributed by atoms with van der Waals surface area (Å²) in [5.74, 6) is -0.154. The van der Waals surface area contributed by atoms with Gasteiger partial charge in [-0.05, 0) is 60.9 Å². The molecule has 3 aromatic heterocycles. The maximum atomic E-state index is 12.6. The van der Waals surface area contributed by atoms with Crippen molar-refractivity contribution in [2.75, 3.05) is 0 Å². The number of thiophene rings is 2. The molecule has 7 heteroatoms. The Labute approximate surface area is 182 Å². The minimum Gasteiger partial charge on any atom is -0.266 e. The molecule has 0 radical (unpaired) electrons. The molecule has 30 heavy (non-hydrogen) atoms. The van der Waals surface area contributed by atoms with Crippen LogP contribution >= 0.6 is 22.7 Å². The van der Waals surface area contributed by atoms with E-state index in [0.29, 0.717) is 0 Å². The first kappa shape index (κ1) is 19.0. The van der Waals surface area contributed by atoms with Gasteiger partial charge in [-0.3, -0.25) is 4.79 Å². The van der Waals surface area contributed by atoms with Crippen molar-refractivity contribution >= 4 is 34.8 Å². The molecule has 1 aliphatic carbocycles. The average molecular weight is 433 g/mol. The van der Waals surface area contributed by atoms with Crippen molar-refractivity contribution in [1.82, 2.24) is 15.2 Å². The van der Waals surface area contributed by atoms with Crippen LogP contribution in [0.25, 0.3) is 16.3 Å². The van der Waals surface area contributed by atoms with Crippen molar-refractivity contribution < 1.29 is 4.79 Å². The SMILES string of the molecule is O=C(NN=Cc1cn(-c2ccccc2)nc1-c1cccs1)c1cc2c(s1)CCCC2. The fourth-order valence-electron chi connectivity index (χ4n) is 3.62. The maximum Gasteiger partial charge on any atom is 0.281 e. The number of carbonyl (C=O) groups excluding carboxylic acids is 1. The second-order valence-electron chi connectivity index (χ2n) is 7.16. The molecule has 150 valence electrons. The lowest BCUT2D eigenvalue weighted by molar-refractivity contribution is 0.0959. The second-order valence-corrected chi connectivity index (χ2v) is 9.24. The van der Waals surface area contributed by atoms with E-state index in [1.54, 1.807) is 28.9 Å². The van der Waals surface area contributed by atoms with E-state index in [4.69, 9.17) is 5.10 Å². The van der Waals surface area contributed by atoms with Crippen LogP contribution in [-0.4, -0.2) is 21.9 Å². The van der Waals surface area contributed by atoms with Crippen LogP contribution in [0.15, 0.2) is 65.2 Å². The quantitative estimate of drug-likeness (QED) is 0.343. The number of carbonyl (C=O) groups is 1. The molecule has 0 saturated heterocycles. The van der Waals surface area contributed by atoms with E-state index in [1.807, 2.05) is 64.8 Å². The molecular weight excluding hydrogens is 412 g/mol. The van der Waals surface area contributed by atoms with E-state index in [2.05, 4.69) is 10.5 Å². The maximum absolute atomic E-state index is 12.6. The molecular formula is C23H20N4OS2. The van der Waals surface area contributed by atoms with Crippen molar-refractivity contribution in [2.45, 2.75) is 25.7 Å². The van der Waals surface area contributed by atoms with Gasteiger partial charge in [-0.25, -0.2) is 10.1 Å². The number of benzene rings is 1. The number of nitrogens with zero attached hydrogens (tertiary/aromatic N) is 3. The Hall–Kier alpha value is -3.03. The number of aromatic nitrogens is 2. The van der Waals surface area contributed by atoms with Crippen molar-refractivity contribution in [2.24, 2.45) is 5.10 Å². The van der Waals surface area contributed by atoms with Crippen LogP contribution in [0.3, 0.4) is 0 Å². The van der Waals surface area contributed by atoms with Crippen molar-refractivity contribution in [3.8, 4) is 16.3 Å². The molecule has 5 nitrogen and oxygen atoms in total. The number of hydrogen-bond acceptors (Lipinski definition) is 5. The molecule has 5 rings (SSSR count). The van der Waals surface area contributed by atoms with Crippen LogP contribution in [0.2, 0.25) is 0 Å². The van der Waals surface area contributed by atoms with Gasteiger partial charge in [0.1, 0.15) is 5.69 Å². The van der Waals surface area contributed by atoms with Gasteiger partial charge in [-0.2, -0.15) is 10.2 Å². The normalized spacial score (nSPS) is 13.5. The molecule has 1 amide bonds. The topological polar surface area (TPSA) is 59.3 Å². The first-order valence-corrected chi connectivity index (χ1v) is 11.6. The number of para-hydroxylation sites is 1. The van der Waals surface area contributed by atoms with Gasteiger partial charge in [0.2, 0.25) is 0 Å². The van der Waals surface area contributed by atoms with Gasteiger partial charge in [0, 0.05) is 16.6 Å². The number of hydrazone groups is 1. The van der Waals surface area contributed by atoms with Gasteiger partial charge in [0.05, 0.1) is 21.7 Å². The van der Waals surface area contributed by atoms with Crippen LogP contribution < -0.4 is 5.43 Å². The fraction of sp³-hybridized carbons (Fsp3) is 0.174. The molecule has 0 fully saturated rings.